The number of piperidine rings is 1. The highest BCUT2D eigenvalue weighted by molar-refractivity contribution is 6.05. The van der Waals surface area contributed by atoms with E-state index in [4.69, 9.17) is 4.74 Å². The predicted molar refractivity (Wildman–Crippen MR) is 179 cm³/mol. The SMILES string of the molecule is COc1cc(Nc2nc(-c3cccc(NC(=O)c4ccc(C(C)(C)C)cc4)c3C)cn(C)c2=O)ccc1C(=O)N1CCCCC1. The summed E-state index contributed by atoms with van der Waals surface area (Å²) in [6, 6.07) is 18.4. The molecule has 3 aromatic carbocycles. The highest BCUT2D eigenvalue weighted by Gasteiger charge is 2.22. The molecule has 1 fully saturated rings. The molecule has 5 rings (SSSR count). The maximum Gasteiger partial charge on any atom is 0.293 e. The summed E-state index contributed by atoms with van der Waals surface area (Å²) < 4.78 is 7.04. The van der Waals surface area contributed by atoms with Gasteiger partial charge in [-0.2, -0.15) is 0 Å². The Bertz CT molecular complexity index is 1780. The lowest BCUT2D eigenvalue weighted by Gasteiger charge is -2.27. The molecule has 0 atom stereocenters. The number of methoxy groups -OCH3 is 1. The second-order valence-electron chi connectivity index (χ2n) is 12.5. The molecule has 2 amide bonds. The van der Waals surface area contributed by atoms with Crippen molar-refractivity contribution in [2.75, 3.05) is 30.8 Å². The summed E-state index contributed by atoms with van der Waals surface area (Å²) in [7, 11) is 3.20. The van der Waals surface area contributed by atoms with Crippen LogP contribution < -0.4 is 20.9 Å². The third kappa shape index (κ3) is 6.93. The van der Waals surface area contributed by atoms with Crippen molar-refractivity contribution in [3.63, 3.8) is 0 Å². The van der Waals surface area contributed by atoms with Gasteiger partial charge in [0.15, 0.2) is 5.82 Å². The molecule has 0 spiro atoms. The fraction of sp³-hybridized carbons (Fsp3) is 0.333. The smallest absolute Gasteiger partial charge is 0.293 e. The Morgan fingerprint density at radius 1 is 0.956 bits per heavy atom. The number of carbonyl (C=O) groups is 2. The predicted octanol–water partition coefficient (Wildman–Crippen LogP) is 6.68. The van der Waals surface area contributed by atoms with Crippen LogP contribution in [0.5, 0.6) is 5.75 Å². The highest BCUT2D eigenvalue weighted by Crippen LogP contribution is 2.30. The van der Waals surface area contributed by atoms with Crippen molar-refractivity contribution in [2.45, 2.75) is 52.4 Å². The van der Waals surface area contributed by atoms with E-state index in [9.17, 15) is 14.4 Å². The van der Waals surface area contributed by atoms with Gasteiger partial charge in [0.05, 0.1) is 18.4 Å². The summed E-state index contributed by atoms with van der Waals surface area (Å²) in [4.78, 5) is 45.9. The Hall–Kier alpha value is -4.92. The first-order valence-electron chi connectivity index (χ1n) is 15.3. The molecule has 1 aromatic heterocycles. The molecular weight excluding hydrogens is 566 g/mol. The van der Waals surface area contributed by atoms with Crippen LogP contribution in [0.2, 0.25) is 0 Å². The topological polar surface area (TPSA) is 106 Å². The lowest BCUT2D eigenvalue weighted by atomic mass is 9.86. The number of nitrogens with zero attached hydrogens (tertiary/aromatic N) is 3. The van der Waals surface area contributed by atoms with Gasteiger partial charge in [-0.15, -0.1) is 0 Å². The summed E-state index contributed by atoms with van der Waals surface area (Å²) in [5.74, 6) is 0.289. The fourth-order valence-corrected chi connectivity index (χ4v) is 5.53. The average Bonchev–Trinajstić information content (AvgIpc) is 3.03. The number of nitrogens with one attached hydrogen (secondary N) is 2. The van der Waals surface area contributed by atoms with E-state index < -0.39 is 0 Å². The largest absolute Gasteiger partial charge is 0.496 e. The zero-order valence-electron chi connectivity index (χ0n) is 26.9. The molecule has 0 bridgehead atoms. The zero-order valence-corrected chi connectivity index (χ0v) is 26.9. The van der Waals surface area contributed by atoms with E-state index >= 15 is 0 Å². The van der Waals surface area contributed by atoms with Crippen LogP contribution in [-0.2, 0) is 12.5 Å². The molecule has 0 saturated carbocycles. The van der Waals surface area contributed by atoms with E-state index in [0.717, 1.165) is 49.0 Å². The van der Waals surface area contributed by atoms with E-state index in [1.54, 1.807) is 31.4 Å². The third-order valence-corrected chi connectivity index (χ3v) is 8.28. The van der Waals surface area contributed by atoms with Crippen LogP contribution in [0.15, 0.2) is 71.7 Å². The molecule has 0 aliphatic carbocycles. The summed E-state index contributed by atoms with van der Waals surface area (Å²) in [6.07, 6.45) is 4.81. The Balaban J connectivity index is 1.39. The van der Waals surface area contributed by atoms with Crippen LogP contribution in [0, 0.1) is 6.92 Å². The Morgan fingerprint density at radius 2 is 1.67 bits per heavy atom. The van der Waals surface area contributed by atoms with Gasteiger partial charge in [0.2, 0.25) is 0 Å². The number of ether oxygens (including phenoxy) is 1. The number of likely N-dealkylation sites (tertiary alicyclic amines) is 1. The van der Waals surface area contributed by atoms with Crippen molar-refractivity contribution in [2.24, 2.45) is 7.05 Å². The van der Waals surface area contributed by atoms with Crippen LogP contribution in [0.3, 0.4) is 0 Å². The second kappa shape index (κ2) is 13.0. The minimum Gasteiger partial charge on any atom is -0.496 e. The van der Waals surface area contributed by atoms with Gasteiger partial charge in [0, 0.05) is 54.9 Å². The van der Waals surface area contributed by atoms with E-state index in [0.29, 0.717) is 33.9 Å². The average molecular weight is 608 g/mol. The van der Waals surface area contributed by atoms with Gasteiger partial charge < -0.3 is 24.8 Å². The summed E-state index contributed by atoms with van der Waals surface area (Å²) in [5, 5.41) is 6.16. The molecule has 4 aromatic rings. The van der Waals surface area contributed by atoms with Crippen LogP contribution >= 0.6 is 0 Å². The number of carbonyl (C=O) groups excluding carboxylic acids is 2. The van der Waals surface area contributed by atoms with E-state index in [-0.39, 0.29) is 28.6 Å². The molecule has 45 heavy (non-hydrogen) atoms. The molecule has 9 nitrogen and oxygen atoms in total. The standard InChI is InChI=1S/C36H41N5O4/c1-23-27(11-10-12-29(23)39-33(42)24-13-15-25(16-14-24)36(2,3)4)30-22-40(5)35(44)32(38-30)37-26-17-18-28(31(21-26)45-6)34(43)41-19-8-7-9-20-41/h10-18,21-22H,7-9,19-20H2,1-6H3,(H,37,38)(H,39,42). The van der Waals surface area contributed by atoms with Gasteiger partial charge in [-0.05, 0) is 73.1 Å². The second-order valence-corrected chi connectivity index (χ2v) is 12.5. The lowest BCUT2D eigenvalue weighted by Crippen LogP contribution is -2.35. The molecule has 0 unspecified atom stereocenters. The number of benzene rings is 3. The van der Waals surface area contributed by atoms with Crippen LogP contribution in [0.25, 0.3) is 11.3 Å². The summed E-state index contributed by atoms with van der Waals surface area (Å²) in [6.45, 7) is 9.80. The van der Waals surface area contributed by atoms with Gasteiger partial charge in [0.1, 0.15) is 5.75 Å². The van der Waals surface area contributed by atoms with Crippen LogP contribution in [0.4, 0.5) is 17.2 Å². The first-order chi connectivity index (χ1) is 21.5. The fourth-order valence-electron chi connectivity index (χ4n) is 5.53. The lowest BCUT2D eigenvalue weighted by molar-refractivity contribution is 0.0721. The number of anilines is 3. The first kappa shape index (κ1) is 31.5. The number of hydrogen-bond acceptors (Lipinski definition) is 6. The van der Waals surface area contributed by atoms with Crippen molar-refractivity contribution < 1.29 is 14.3 Å². The quantitative estimate of drug-likeness (QED) is 0.243. The zero-order chi connectivity index (χ0) is 32.3. The summed E-state index contributed by atoms with van der Waals surface area (Å²) >= 11 is 0. The normalized spacial score (nSPS) is 13.3. The van der Waals surface area contributed by atoms with Crippen molar-refractivity contribution in [3.05, 3.63) is 99.5 Å². The molecule has 1 aliphatic heterocycles. The van der Waals surface area contributed by atoms with E-state index in [2.05, 4.69) is 36.4 Å². The molecule has 1 saturated heterocycles. The van der Waals surface area contributed by atoms with E-state index in [1.807, 2.05) is 54.3 Å². The van der Waals surface area contributed by atoms with Crippen LogP contribution in [0.1, 0.15) is 71.9 Å². The maximum atomic E-state index is 13.1. The van der Waals surface area contributed by atoms with Crippen molar-refractivity contribution in [1.82, 2.24) is 14.5 Å². The van der Waals surface area contributed by atoms with Crippen molar-refractivity contribution in [1.29, 1.82) is 0 Å². The summed E-state index contributed by atoms with van der Waals surface area (Å²) in [5.41, 5.74) is 5.27. The molecule has 9 heteroatoms. The van der Waals surface area contributed by atoms with Gasteiger partial charge in [-0.3, -0.25) is 14.4 Å². The van der Waals surface area contributed by atoms with Crippen molar-refractivity contribution in [3.8, 4) is 17.0 Å². The van der Waals surface area contributed by atoms with Crippen LogP contribution in [-0.4, -0.2) is 46.5 Å². The Kier molecular flexibility index (Phi) is 9.09. The molecule has 2 N–H and O–H groups in total. The number of amides is 2. The molecular formula is C36H41N5O4. The minimum atomic E-state index is -0.313. The van der Waals surface area contributed by atoms with E-state index in [1.165, 1.54) is 11.7 Å². The number of rotatable bonds is 7. The van der Waals surface area contributed by atoms with Crippen molar-refractivity contribution >= 4 is 29.0 Å². The highest BCUT2D eigenvalue weighted by atomic mass is 16.5. The number of aromatic nitrogens is 2. The monoisotopic (exact) mass is 607 g/mol. The molecule has 234 valence electrons. The third-order valence-electron chi connectivity index (χ3n) is 8.28. The Labute approximate surface area is 264 Å². The van der Waals surface area contributed by atoms with Gasteiger partial charge in [-0.25, -0.2) is 4.98 Å². The number of hydrogen-bond donors (Lipinski definition) is 2. The minimum absolute atomic E-state index is 0.00215. The number of aryl methyl sites for hydroxylation is 1. The molecule has 1 aliphatic rings. The van der Waals surface area contributed by atoms with Gasteiger partial charge in [0.25, 0.3) is 17.4 Å². The molecule has 2 heterocycles. The van der Waals surface area contributed by atoms with Gasteiger partial charge >= 0.3 is 0 Å². The Morgan fingerprint density at radius 3 is 2.33 bits per heavy atom. The molecule has 0 radical (unpaired) electrons. The maximum absolute atomic E-state index is 13.1. The van der Waals surface area contributed by atoms with Gasteiger partial charge in [-0.1, -0.05) is 45.0 Å². The first-order valence-corrected chi connectivity index (χ1v) is 15.3.